The average molecular weight is 583 g/mol. The highest BCUT2D eigenvalue weighted by atomic mass is 16.4. The fourth-order valence-corrected chi connectivity index (χ4v) is 6.27. The van der Waals surface area contributed by atoms with Crippen molar-refractivity contribution in [3.63, 3.8) is 0 Å². The van der Waals surface area contributed by atoms with E-state index >= 15 is 0 Å². The Balaban J connectivity index is 4.99. The summed E-state index contributed by atoms with van der Waals surface area (Å²) in [5.74, 6) is -0.451. The molecule has 0 fully saturated rings. The van der Waals surface area contributed by atoms with Gasteiger partial charge in [-0.05, 0) is 50.6 Å². The van der Waals surface area contributed by atoms with Crippen molar-refractivity contribution in [1.82, 2.24) is 10.6 Å². The van der Waals surface area contributed by atoms with E-state index in [-0.39, 0.29) is 24.4 Å². The Morgan fingerprint density at radius 2 is 1.02 bits per heavy atom. The summed E-state index contributed by atoms with van der Waals surface area (Å²) in [5.41, 5.74) is 11.9. The first kappa shape index (κ1) is 39.8. The normalized spacial score (nSPS) is 15.3. The van der Waals surface area contributed by atoms with Gasteiger partial charge in [-0.2, -0.15) is 0 Å². The number of hydrogen-bond donors (Lipinski definition) is 5. The second-order valence-corrected chi connectivity index (χ2v) is 12.4. The van der Waals surface area contributed by atoms with Crippen LogP contribution in [0.15, 0.2) is 0 Å². The van der Waals surface area contributed by atoms with Crippen molar-refractivity contribution in [3.8, 4) is 0 Å². The highest BCUT2D eigenvalue weighted by Gasteiger charge is 2.29. The van der Waals surface area contributed by atoms with Crippen molar-refractivity contribution >= 4 is 11.9 Å². The van der Waals surface area contributed by atoms with E-state index < -0.39 is 12.0 Å². The molecule has 0 spiro atoms. The molecule has 0 heterocycles. The summed E-state index contributed by atoms with van der Waals surface area (Å²) in [6, 6.07) is -0.927. The molecule has 244 valence electrons. The third-order valence-corrected chi connectivity index (χ3v) is 8.95. The zero-order valence-corrected chi connectivity index (χ0v) is 27.6. The molecule has 0 aromatic rings. The number of hydrogen-bond acceptors (Lipinski definition) is 5. The molecule has 0 radical (unpaired) electrons. The Morgan fingerprint density at radius 1 is 0.610 bits per heavy atom. The molecule has 0 aliphatic carbocycles. The molecule has 4 unspecified atom stereocenters. The molecule has 7 N–H and O–H groups in total. The molecule has 0 saturated carbocycles. The molecule has 0 saturated heterocycles. The molecule has 0 aromatic carbocycles. The minimum absolute atomic E-state index is 0.000420. The number of unbranched alkanes of at least 4 members (excludes halogenated alkanes) is 12. The lowest BCUT2D eigenvalue weighted by Crippen LogP contribution is -2.51. The van der Waals surface area contributed by atoms with E-state index in [2.05, 4.69) is 38.3 Å². The molecule has 5 atom stereocenters. The third-order valence-electron chi connectivity index (χ3n) is 8.95. The van der Waals surface area contributed by atoms with Gasteiger partial charge in [-0.1, -0.05) is 130 Å². The van der Waals surface area contributed by atoms with Gasteiger partial charge in [-0.25, -0.2) is 0 Å². The lowest BCUT2D eigenvalue weighted by atomic mass is 9.87. The first-order valence-electron chi connectivity index (χ1n) is 17.6. The summed E-state index contributed by atoms with van der Waals surface area (Å²) in [6.07, 6.45) is 23.2. The van der Waals surface area contributed by atoms with Gasteiger partial charge in [0, 0.05) is 12.1 Å². The van der Waals surface area contributed by atoms with Crippen LogP contribution in [0, 0.1) is 11.8 Å². The Bertz CT molecular complexity index is 619. The van der Waals surface area contributed by atoms with E-state index in [1.165, 1.54) is 83.5 Å². The number of nitrogens with one attached hydrogen (secondary N) is 2. The van der Waals surface area contributed by atoms with Crippen molar-refractivity contribution in [2.75, 3.05) is 13.1 Å². The topological polar surface area (TPSA) is 130 Å². The maximum Gasteiger partial charge on any atom is 0.321 e. The van der Waals surface area contributed by atoms with Crippen LogP contribution in [-0.2, 0) is 9.59 Å². The predicted molar refractivity (Wildman–Crippen MR) is 175 cm³/mol. The number of nitrogens with two attached hydrogens (primary N) is 2. The lowest BCUT2D eigenvalue weighted by Gasteiger charge is -2.31. The van der Waals surface area contributed by atoms with Gasteiger partial charge < -0.3 is 27.2 Å². The van der Waals surface area contributed by atoms with Gasteiger partial charge in [0.1, 0.15) is 6.04 Å². The first-order chi connectivity index (χ1) is 19.9. The van der Waals surface area contributed by atoms with Crippen LogP contribution in [-0.4, -0.2) is 48.2 Å². The standard InChI is InChI=1S/C34H70N4O3/c1-5-9-11-13-15-17-19-21-28(7-3)30(23-25-35)37-32(34(40)41)27-33(39)38-31(24-26-36)29(8-4)22-20-18-16-14-12-10-6-2/h28-32,37H,5-27,35-36H2,1-4H3,(H,38,39)(H,40,41)/t28?,29?,30?,31?,32-/m0/s1. The van der Waals surface area contributed by atoms with Crippen molar-refractivity contribution in [3.05, 3.63) is 0 Å². The maximum absolute atomic E-state index is 13.2. The van der Waals surface area contributed by atoms with E-state index in [1.807, 2.05) is 0 Å². The van der Waals surface area contributed by atoms with Crippen LogP contribution in [0.2, 0.25) is 0 Å². The summed E-state index contributed by atoms with van der Waals surface area (Å²) in [7, 11) is 0. The van der Waals surface area contributed by atoms with E-state index in [0.717, 1.165) is 38.5 Å². The number of amides is 1. The van der Waals surface area contributed by atoms with Crippen LogP contribution in [0.25, 0.3) is 0 Å². The van der Waals surface area contributed by atoms with E-state index in [9.17, 15) is 14.7 Å². The van der Waals surface area contributed by atoms with Crippen LogP contribution >= 0.6 is 0 Å². The van der Waals surface area contributed by atoms with Crippen LogP contribution in [0.1, 0.15) is 163 Å². The van der Waals surface area contributed by atoms with Gasteiger partial charge in [0.05, 0.1) is 6.42 Å². The second kappa shape index (κ2) is 27.6. The molecule has 7 heteroatoms. The van der Waals surface area contributed by atoms with E-state index in [4.69, 9.17) is 11.5 Å². The molecular weight excluding hydrogens is 512 g/mol. The van der Waals surface area contributed by atoms with E-state index in [1.54, 1.807) is 0 Å². The average Bonchev–Trinajstić information content (AvgIpc) is 2.95. The second-order valence-electron chi connectivity index (χ2n) is 12.4. The van der Waals surface area contributed by atoms with Crippen molar-refractivity contribution in [2.24, 2.45) is 23.3 Å². The number of carboxylic acids is 1. The highest BCUT2D eigenvalue weighted by Crippen LogP contribution is 2.23. The number of carboxylic acid groups (broad SMARTS) is 1. The van der Waals surface area contributed by atoms with Gasteiger partial charge >= 0.3 is 5.97 Å². The molecule has 0 aromatic heterocycles. The quantitative estimate of drug-likeness (QED) is 0.0565. The molecular formula is C34H70N4O3. The molecule has 41 heavy (non-hydrogen) atoms. The SMILES string of the molecule is CCCCCCCCCC(CC)C(CCN)NC(=O)C[C@H](NC(CCN)C(CC)CCCCCCCCC)C(=O)O. The van der Waals surface area contributed by atoms with Gasteiger partial charge in [0.2, 0.25) is 5.91 Å². The van der Waals surface area contributed by atoms with Gasteiger partial charge in [-0.15, -0.1) is 0 Å². The highest BCUT2D eigenvalue weighted by molar-refractivity contribution is 5.84. The molecule has 1 amide bonds. The number of carbonyl (C=O) groups is 2. The van der Waals surface area contributed by atoms with Crippen molar-refractivity contribution < 1.29 is 14.7 Å². The minimum Gasteiger partial charge on any atom is -0.480 e. The van der Waals surface area contributed by atoms with Gasteiger partial charge in [-0.3, -0.25) is 9.59 Å². The van der Waals surface area contributed by atoms with Gasteiger partial charge in [0.15, 0.2) is 0 Å². The number of carbonyl (C=O) groups excluding carboxylic acids is 1. The van der Waals surface area contributed by atoms with Crippen molar-refractivity contribution in [2.45, 2.75) is 181 Å². The Morgan fingerprint density at radius 3 is 1.44 bits per heavy atom. The zero-order valence-electron chi connectivity index (χ0n) is 27.6. The molecule has 0 rings (SSSR count). The summed E-state index contributed by atoms with van der Waals surface area (Å²) >= 11 is 0. The molecule has 7 nitrogen and oxygen atoms in total. The maximum atomic E-state index is 13.2. The fraction of sp³-hybridized carbons (Fsp3) is 0.941. The first-order valence-corrected chi connectivity index (χ1v) is 17.6. The Kier molecular flexibility index (Phi) is 26.8. The fourth-order valence-electron chi connectivity index (χ4n) is 6.27. The summed E-state index contributed by atoms with van der Waals surface area (Å²) in [4.78, 5) is 25.4. The summed E-state index contributed by atoms with van der Waals surface area (Å²) < 4.78 is 0. The van der Waals surface area contributed by atoms with Gasteiger partial charge in [0.25, 0.3) is 0 Å². The van der Waals surface area contributed by atoms with Crippen molar-refractivity contribution in [1.29, 1.82) is 0 Å². The number of aliphatic carboxylic acids is 1. The smallest absolute Gasteiger partial charge is 0.321 e. The van der Waals surface area contributed by atoms with E-state index in [0.29, 0.717) is 31.3 Å². The van der Waals surface area contributed by atoms with Crippen LogP contribution < -0.4 is 22.1 Å². The molecule has 0 aliphatic heterocycles. The Hall–Kier alpha value is -1.18. The zero-order chi connectivity index (χ0) is 30.7. The monoisotopic (exact) mass is 583 g/mol. The molecule has 0 aliphatic rings. The van der Waals surface area contributed by atoms with Crippen LogP contribution in [0.4, 0.5) is 0 Å². The summed E-state index contributed by atoms with van der Waals surface area (Å²) in [5, 5.41) is 16.6. The third kappa shape index (κ3) is 20.4. The lowest BCUT2D eigenvalue weighted by molar-refractivity contribution is -0.142. The predicted octanol–water partition coefficient (Wildman–Crippen LogP) is 7.30. The minimum atomic E-state index is -0.974. The summed E-state index contributed by atoms with van der Waals surface area (Å²) in [6.45, 7) is 9.84. The molecule has 0 bridgehead atoms. The van der Waals surface area contributed by atoms with Crippen LogP contribution in [0.5, 0.6) is 0 Å². The van der Waals surface area contributed by atoms with Crippen LogP contribution in [0.3, 0.4) is 0 Å². The Labute approximate surface area is 254 Å². The number of rotatable bonds is 30. The largest absolute Gasteiger partial charge is 0.480 e.